The van der Waals surface area contributed by atoms with E-state index in [1.165, 1.54) is 0 Å². The van der Waals surface area contributed by atoms with Crippen molar-refractivity contribution in [2.75, 3.05) is 19.7 Å². The molecule has 0 atom stereocenters. The summed E-state index contributed by atoms with van der Waals surface area (Å²) in [6.07, 6.45) is 1.40. The fourth-order valence-electron chi connectivity index (χ4n) is 1.17. The standard InChI is InChI=1S/C9H21N3O/c1-8(2)12(5-3-7-13)6-4-9(10)11/h8,13H,3-7H2,1-2H3,(H3,10,11). The predicted octanol–water partition coefficient (Wildman–Crippen LogP) is 0.405. The summed E-state index contributed by atoms with van der Waals surface area (Å²) in [4.78, 5) is 2.22. The molecule has 0 saturated carbocycles. The molecule has 0 unspecified atom stereocenters. The lowest BCUT2D eigenvalue weighted by atomic mass is 10.2. The van der Waals surface area contributed by atoms with E-state index < -0.39 is 0 Å². The Labute approximate surface area is 80.2 Å². The number of nitrogens with two attached hydrogens (primary N) is 1. The lowest BCUT2D eigenvalue weighted by Gasteiger charge is -2.25. The van der Waals surface area contributed by atoms with Crippen LogP contribution in [0.25, 0.3) is 0 Å². The quantitative estimate of drug-likeness (QED) is 0.399. The van der Waals surface area contributed by atoms with Crippen molar-refractivity contribution in [3.63, 3.8) is 0 Å². The van der Waals surface area contributed by atoms with E-state index in [4.69, 9.17) is 16.2 Å². The van der Waals surface area contributed by atoms with Crippen LogP contribution < -0.4 is 5.73 Å². The highest BCUT2D eigenvalue weighted by Gasteiger charge is 2.08. The number of hydrogen-bond acceptors (Lipinski definition) is 3. The second kappa shape index (κ2) is 6.86. The summed E-state index contributed by atoms with van der Waals surface area (Å²) in [6.45, 7) is 6.13. The van der Waals surface area contributed by atoms with Gasteiger partial charge in [-0.1, -0.05) is 0 Å². The molecule has 4 N–H and O–H groups in total. The fraction of sp³-hybridized carbons (Fsp3) is 0.889. The topological polar surface area (TPSA) is 73.3 Å². The van der Waals surface area contributed by atoms with Crippen molar-refractivity contribution in [3.8, 4) is 0 Å². The van der Waals surface area contributed by atoms with E-state index in [0.29, 0.717) is 12.5 Å². The highest BCUT2D eigenvalue weighted by atomic mass is 16.3. The van der Waals surface area contributed by atoms with Crippen LogP contribution in [0, 0.1) is 5.41 Å². The molecule has 0 amide bonds. The molecule has 0 aromatic rings. The van der Waals surface area contributed by atoms with Crippen LogP contribution in [0.1, 0.15) is 26.7 Å². The number of amidine groups is 1. The summed E-state index contributed by atoms with van der Waals surface area (Å²) in [5, 5.41) is 15.8. The predicted molar refractivity (Wildman–Crippen MR) is 54.9 cm³/mol. The second-order valence-electron chi connectivity index (χ2n) is 3.48. The first kappa shape index (κ1) is 12.4. The molecular formula is C9H21N3O. The second-order valence-corrected chi connectivity index (χ2v) is 3.48. The van der Waals surface area contributed by atoms with Crippen LogP contribution in [-0.2, 0) is 0 Å². The lowest BCUT2D eigenvalue weighted by molar-refractivity contribution is 0.196. The van der Waals surface area contributed by atoms with E-state index in [1.54, 1.807) is 0 Å². The van der Waals surface area contributed by atoms with Gasteiger partial charge in [-0.15, -0.1) is 0 Å². The van der Waals surface area contributed by atoms with Gasteiger partial charge in [0.25, 0.3) is 0 Å². The molecule has 4 heteroatoms. The molecular weight excluding hydrogens is 166 g/mol. The molecule has 0 spiro atoms. The Morgan fingerprint density at radius 2 is 2.08 bits per heavy atom. The molecule has 0 aliphatic heterocycles. The maximum absolute atomic E-state index is 8.68. The Morgan fingerprint density at radius 3 is 2.46 bits per heavy atom. The van der Waals surface area contributed by atoms with E-state index in [1.807, 2.05) is 0 Å². The molecule has 4 nitrogen and oxygen atoms in total. The monoisotopic (exact) mass is 187 g/mol. The maximum Gasteiger partial charge on any atom is 0.0918 e. The summed E-state index contributed by atoms with van der Waals surface area (Å²) in [7, 11) is 0. The summed E-state index contributed by atoms with van der Waals surface area (Å²) >= 11 is 0. The van der Waals surface area contributed by atoms with Crippen LogP contribution in [0.3, 0.4) is 0 Å². The molecule has 0 radical (unpaired) electrons. The van der Waals surface area contributed by atoms with Gasteiger partial charge < -0.3 is 15.7 Å². The molecule has 0 aromatic carbocycles. The van der Waals surface area contributed by atoms with Crippen LogP contribution in [0.4, 0.5) is 0 Å². The first-order valence-electron chi connectivity index (χ1n) is 4.75. The van der Waals surface area contributed by atoms with Gasteiger partial charge in [0.2, 0.25) is 0 Å². The summed E-state index contributed by atoms with van der Waals surface area (Å²) < 4.78 is 0. The average Bonchev–Trinajstić information content (AvgIpc) is 2.03. The van der Waals surface area contributed by atoms with Gasteiger partial charge in [0.05, 0.1) is 5.84 Å². The van der Waals surface area contributed by atoms with Gasteiger partial charge >= 0.3 is 0 Å². The third kappa shape index (κ3) is 6.54. The Morgan fingerprint density at radius 1 is 1.46 bits per heavy atom. The molecule has 0 heterocycles. The van der Waals surface area contributed by atoms with E-state index in [0.717, 1.165) is 19.5 Å². The lowest BCUT2D eigenvalue weighted by Crippen LogP contribution is -2.35. The largest absolute Gasteiger partial charge is 0.396 e. The number of nitrogens with zero attached hydrogens (tertiary/aromatic N) is 1. The van der Waals surface area contributed by atoms with Crippen molar-refractivity contribution in [1.82, 2.24) is 4.90 Å². The molecule has 0 aliphatic carbocycles. The summed E-state index contributed by atoms with van der Waals surface area (Å²) in [5.41, 5.74) is 5.28. The zero-order valence-electron chi connectivity index (χ0n) is 8.58. The van der Waals surface area contributed by atoms with Gasteiger partial charge in [-0.3, -0.25) is 5.41 Å². The van der Waals surface area contributed by atoms with Crippen LogP contribution in [0.15, 0.2) is 0 Å². The number of rotatable bonds is 7. The average molecular weight is 187 g/mol. The van der Waals surface area contributed by atoms with Crippen LogP contribution in [0.2, 0.25) is 0 Å². The van der Waals surface area contributed by atoms with Crippen molar-refractivity contribution in [2.45, 2.75) is 32.7 Å². The minimum Gasteiger partial charge on any atom is -0.396 e. The third-order valence-corrected chi connectivity index (χ3v) is 2.00. The number of aliphatic hydroxyl groups is 1. The molecule has 0 bridgehead atoms. The maximum atomic E-state index is 8.68. The zero-order chi connectivity index (χ0) is 10.3. The summed E-state index contributed by atoms with van der Waals surface area (Å²) in [5.74, 6) is 0.231. The van der Waals surface area contributed by atoms with Gasteiger partial charge in [-0.2, -0.15) is 0 Å². The minimum absolute atomic E-state index is 0.225. The molecule has 0 saturated heterocycles. The van der Waals surface area contributed by atoms with E-state index in [9.17, 15) is 0 Å². The highest BCUT2D eigenvalue weighted by Crippen LogP contribution is 2.00. The van der Waals surface area contributed by atoms with Crippen molar-refractivity contribution in [1.29, 1.82) is 5.41 Å². The van der Waals surface area contributed by atoms with Gasteiger partial charge in [0.1, 0.15) is 0 Å². The van der Waals surface area contributed by atoms with Gasteiger partial charge in [-0.05, 0) is 20.3 Å². The fourth-order valence-corrected chi connectivity index (χ4v) is 1.17. The van der Waals surface area contributed by atoms with Gasteiger partial charge in [-0.25, -0.2) is 0 Å². The van der Waals surface area contributed by atoms with Gasteiger partial charge in [0, 0.05) is 32.2 Å². The van der Waals surface area contributed by atoms with Crippen molar-refractivity contribution < 1.29 is 5.11 Å². The normalized spacial score (nSPS) is 11.2. The van der Waals surface area contributed by atoms with Crippen LogP contribution in [0.5, 0.6) is 0 Å². The Kier molecular flexibility index (Phi) is 6.54. The molecule has 0 fully saturated rings. The van der Waals surface area contributed by atoms with Crippen LogP contribution in [-0.4, -0.2) is 41.6 Å². The molecule has 78 valence electrons. The van der Waals surface area contributed by atoms with Crippen LogP contribution >= 0.6 is 0 Å². The van der Waals surface area contributed by atoms with E-state index in [-0.39, 0.29) is 12.4 Å². The SMILES string of the molecule is CC(C)N(CCCO)CCC(=N)N. The van der Waals surface area contributed by atoms with E-state index >= 15 is 0 Å². The molecule has 0 aromatic heterocycles. The first-order valence-corrected chi connectivity index (χ1v) is 4.75. The smallest absolute Gasteiger partial charge is 0.0918 e. The van der Waals surface area contributed by atoms with Crippen molar-refractivity contribution >= 4 is 5.84 Å². The third-order valence-electron chi connectivity index (χ3n) is 2.00. The van der Waals surface area contributed by atoms with Crippen molar-refractivity contribution in [2.24, 2.45) is 5.73 Å². The summed E-state index contributed by atoms with van der Waals surface area (Å²) in [6, 6.07) is 0.450. The minimum atomic E-state index is 0.225. The molecule has 13 heavy (non-hydrogen) atoms. The first-order chi connectivity index (χ1) is 6.07. The molecule has 0 aliphatic rings. The number of nitrogens with one attached hydrogen (secondary N) is 1. The van der Waals surface area contributed by atoms with E-state index in [2.05, 4.69) is 18.7 Å². The van der Waals surface area contributed by atoms with Gasteiger partial charge in [0.15, 0.2) is 0 Å². The molecule has 0 rings (SSSR count). The van der Waals surface area contributed by atoms with Crippen molar-refractivity contribution in [3.05, 3.63) is 0 Å². The Bertz CT molecular complexity index is 148. The number of aliphatic hydroxyl groups excluding tert-OH is 1. The Hall–Kier alpha value is -0.610. The number of hydrogen-bond donors (Lipinski definition) is 3. The highest BCUT2D eigenvalue weighted by molar-refractivity contribution is 5.76. The Balaban J connectivity index is 3.73. The zero-order valence-corrected chi connectivity index (χ0v) is 8.58.